The number of sulfonamides is 1. The Hall–Kier alpha value is -2.49. The number of rotatable bonds is 5. The van der Waals surface area contributed by atoms with Gasteiger partial charge in [0.15, 0.2) is 6.29 Å². The molecule has 2 heterocycles. The largest absolute Gasteiger partial charge is 0.350 e. The quantitative estimate of drug-likeness (QED) is 0.760. The predicted molar refractivity (Wildman–Crippen MR) is 113 cm³/mol. The van der Waals surface area contributed by atoms with Crippen LogP contribution in [0.2, 0.25) is 0 Å². The average Bonchev–Trinajstić information content (AvgIpc) is 3.30. The fraction of sp³-hybridized carbons (Fsp3) is 0.409. The molecule has 1 unspecified atom stereocenters. The van der Waals surface area contributed by atoms with Gasteiger partial charge in [-0.1, -0.05) is 12.1 Å². The van der Waals surface area contributed by atoms with E-state index in [-0.39, 0.29) is 39.8 Å². The molecule has 2 saturated heterocycles. The summed E-state index contributed by atoms with van der Waals surface area (Å²) >= 11 is 0. The summed E-state index contributed by atoms with van der Waals surface area (Å²) in [6, 6.07) is 10.1. The van der Waals surface area contributed by atoms with Crippen LogP contribution in [-0.2, 0) is 19.5 Å². The summed E-state index contributed by atoms with van der Waals surface area (Å²) < 4.78 is 52.9. The van der Waals surface area contributed by atoms with Crippen LogP contribution in [0.15, 0.2) is 47.4 Å². The lowest BCUT2D eigenvalue weighted by atomic mass is 9.96. The third-order valence-corrected chi connectivity index (χ3v) is 6.98. The number of hydrogen-bond donors (Lipinski definition) is 1. The number of amides is 1. The standard InChI is InChI=1S/C22H25FN2O5S/c1-15-13-17(8-9-19(15)23)31(27,28)24-20-7-3-2-6-18(20)21(26)25-10-4-5-16(14-25)22-29-11-12-30-22/h2-3,6-9,13,16,22,24H,4-5,10-12,14H2,1H3. The number of nitrogens with zero attached hydrogens (tertiary/aromatic N) is 1. The number of benzene rings is 2. The number of piperidine rings is 1. The van der Waals surface area contributed by atoms with E-state index in [1.54, 1.807) is 29.2 Å². The van der Waals surface area contributed by atoms with E-state index in [1.165, 1.54) is 19.1 Å². The van der Waals surface area contributed by atoms with Gasteiger partial charge in [0.2, 0.25) is 0 Å². The highest BCUT2D eigenvalue weighted by atomic mass is 32.2. The van der Waals surface area contributed by atoms with Gasteiger partial charge in [0.05, 0.1) is 29.4 Å². The molecular weight excluding hydrogens is 423 g/mol. The molecule has 0 bridgehead atoms. The Kier molecular flexibility index (Phi) is 6.27. The summed E-state index contributed by atoms with van der Waals surface area (Å²) in [6.07, 6.45) is 1.43. The van der Waals surface area contributed by atoms with Crippen molar-refractivity contribution in [2.45, 2.75) is 31.0 Å². The molecule has 0 aliphatic carbocycles. The molecular formula is C22H25FN2O5S. The minimum atomic E-state index is -3.99. The van der Waals surface area contributed by atoms with Gasteiger partial charge in [-0.2, -0.15) is 0 Å². The van der Waals surface area contributed by atoms with Gasteiger partial charge in [-0.3, -0.25) is 9.52 Å². The Morgan fingerprint density at radius 3 is 2.65 bits per heavy atom. The number of carbonyl (C=O) groups is 1. The van der Waals surface area contributed by atoms with Crippen molar-refractivity contribution in [2.75, 3.05) is 31.0 Å². The molecule has 31 heavy (non-hydrogen) atoms. The summed E-state index contributed by atoms with van der Waals surface area (Å²) in [5, 5.41) is 0. The fourth-order valence-electron chi connectivity index (χ4n) is 3.98. The Morgan fingerprint density at radius 2 is 1.90 bits per heavy atom. The predicted octanol–water partition coefficient (Wildman–Crippen LogP) is 3.16. The molecule has 2 fully saturated rings. The van der Waals surface area contributed by atoms with Crippen LogP contribution in [0.1, 0.15) is 28.8 Å². The first-order chi connectivity index (χ1) is 14.8. The molecule has 2 aliphatic rings. The van der Waals surface area contributed by atoms with Gasteiger partial charge in [-0.25, -0.2) is 12.8 Å². The van der Waals surface area contributed by atoms with Crippen LogP contribution in [0.4, 0.5) is 10.1 Å². The minimum absolute atomic E-state index is 0.0674. The average molecular weight is 449 g/mol. The number of likely N-dealkylation sites (tertiary alicyclic amines) is 1. The second-order valence-corrected chi connectivity index (χ2v) is 9.51. The Labute approximate surface area is 181 Å². The van der Waals surface area contributed by atoms with Crippen LogP contribution in [-0.4, -0.2) is 51.8 Å². The van der Waals surface area contributed by atoms with Gasteiger partial charge in [0.1, 0.15) is 5.82 Å². The number of aryl methyl sites for hydroxylation is 1. The van der Waals surface area contributed by atoms with Crippen LogP contribution < -0.4 is 4.72 Å². The van der Waals surface area contributed by atoms with Gasteiger partial charge in [0, 0.05) is 19.0 Å². The topological polar surface area (TPSA) is 84.9 Å². The Morgan fingerprint density at radius 1 is 1.16 bits per heavy atom. The first-order valence-electron chi connectivity index (χ1n) is 10.3. The van der Waals surface area contributed by atoms with Crippen molar-refractivity contribution in [1.82, 2.24) is 4.90 Å². The zero-order chi connectivity index (χ0) is 22.0. The van der Waals surface area contributed by atoms with E-state index < -0.39 is 15.8 Å². The molecule has 2 aromatic carbocycles. The molecule has 9 heteroatoms. The SMILES string of the molecule is Cc1cc(S(=O)(=O)Nc2ccccc2C(=O)N2CCCC(C3OCCO3)C2)ccc1F. The van der Waals surface area contributed by atoms with Crippen molar-refractivity contribution in [3.63, 3.8) is 0 Å². The molecule has 0 spiro atoms. The lowest BCUT2D eigenvalue weighted by molar-refractivity contribution is -0.0969. The third-order valence-electron chi connectivity index (χ3n) is 5.62. The number of hydrogen-bond acceptors (Lipinski definition) is 5. The van der Waals surface area contributed by atoms with Crippen molar-refractivity contribution in [3.8, 4) is 0 Å². The molecule has 166 valence electrons. The monoisotopic (exact) mass is 448 g/mol. The zero-order valence-electron chi connectivity index (χ0n) is 17.2. The number of halogens is 1. The highest BCUT2D eigenvalue weighted by Gasteiger charge is 2.33. The Balaban J connectivity index is 1.55. The summed E-state index contributed by atoms with van der Waals surface area (Å²) in [5.74, 6) is -0.646. The molecule has 0 saturated carbocycles. The van der Waals surface area contributed by atoms with Crippen LogP contribution in [0, 0.1) is 18.7 Å². The fourth-order valence-corrected chi connectivity index (χ4v) is 5.15. The molecule has 7 nitrogen and oxygen atoms in total. The maximum Gasteiger partial charge on any atom is 0.261 e. The van der Waals surface area contributed by atoms with Crippen molar-refractivity contribution in [3.05, 3.63) is 59.4 Å². The summed E-state index contributed by atoms with van der Waals surface area (Å²) in [6.45, 7) is 3.68. The van der Waals surface area contributed by atoms with Gasteiger partial charge in [-0.05, 0) is 55.7 Å². The normalized spacial score (nSPS) is 20.1. The van der Waals surface area contributed by atoms with Crippen LogP contribution >= 0.6 is 0 Å². The molecule has 0 aromatic heterocycles. The van der Waals surface area contributed by atoms with E-state index >= 15 is 0 Å². The van der Waals surface area contributed by atoms with E-state index in [4.69, 9.17) is 9.47 Å². The summed E-state index contributed by atoms with van der Waals surface area (Å²) in [4.78, 5) is 14.9. The van der Waals surface area contributed by atoms with Gasteiger partial charge in [0.25, 0.3) is 15.9 Å². The molecule has 2 aromatic rings. The van der Waals surface area contributed by atoms with Gasteiger partial charge in [-0.15, -0.1) is 0 Å². The van der Waals surface area contributed by atoms with Gasteiger partial charge >= 0.3 is 0 Å². The Bertz CT molecular complexity index is 1070. The molecule has 1 N–H and O–H groups in total. The lowest BCUT2D eigenvalue weighted by Crippen LogP contribution is -2.44. The van der Waals surface area contributed by atoms with Gasteiger partial charge < -0.3 is 14.4 Å². The number of ether oxygens (including phenoxy) is 2. The van der Waals surface area contributed by atoms with E-state index in [1.807, 2.05) is 0 Å². The van der Waals surface area contributed by atoms with Crippen molar-refractivity contribution in [1.29, 1.82) is 0 Å². The number of carbonyl (C=O) groups excluding carboxylic acids is 1. The first-order valence-corrected chi connectivity index (χ1v) is 11.7. The third kappa shape index (κ3) is 4.73. The van der Waals surface area contributed by atoms with Crippen molar-refractivity contribution >= 4 is 21.6 Å². The molecule has 0 radical (unpaired) electrons. The molecule has 1 amide bonds. The number of anilines is 1. The lowest BCUT2D eigenvalue weighted by Gasteiger charge is -2.35. The highest BCUT2D eigenvalue weighted by Crippen LogP contribution is 2.28. The maximum atomic E-state index is 13.5. The first kappa shape index (κ1) is 21.7. The van der Waals surface area contributed by atoms with E-state index in [0.29, 0.717) is 26.3 Å². The molecule has 4 rings (SSSR count). The van der Waals surface area contributed by atoms with Crippen LogP contribution in [0.25, 0.3) is 0 Å². The minimum Gasteiger partial charge on any atom is -0.350 e. The zero-order valence-corrected chi connectivity index (χ0v) is 18.0. The highest BCUT2D eigenvalue weighted by molar-refractivity contribution is 7.92. The second-order valence-electron chi connectivity index (χ2n) is 7.83. The van der Waals surface area contributed by atoms with E-state index in [9.17, 15) is 17.6 Å². The second kappa shape index (κ2) is 8.94. The molecule has 2 aliphatic heterocycles. The number of nitrogens with one attached hydrogen (secondary N) is 1. The van der Waals surface area contributed by atoms with Crippen LogP contribution in [0.3, 0.4) is 0 Å². The molecule has 1 atom stereocenters. The number of para-hydroxylation sites is 1. The maximum absolute atomic E-state index is 13.5. The van der Waals surface area contributed by atoms with E-state index in [2.05, 4.69) is 4.72 Å². The van der Waals surface area contributed by atoms with E-state index in [0.717, 1.165) is 18.9 Å². The van der Waals surface area contributed by atoms with Crippen LogP contribution in [0.5, 0.6) is 0 Å². The van der Waals surface area contributed by atoms with Crippen molar-refractivity contribution < 1.29 is 27.1 Å². The van der Waals surface area contributed by atoms with Crippen molar-refractivity contribution in [2.24, 2.45) is 5.92 Å². The summed E-state index contributed by atoms with van der Waals surface area (Å²) in [7, 11) is -3.99. The summed E-state index contributed by atoms with van der Waals surface area (Å²) in [5.41, 5.74) is 0.673. The smallest absolute Gasteiger partial charge is 0.261 e.